The van der Waals surface area contributed by atoms with E-state index in [2.05, 4.69) is 4.98 Å². The van der Waals surface area contributed by atoms with Crippen LogP contribution in [0.5, 0.6) is 0 Å². The number of rotatable bonds is 4. The summed E-state index contributed by atoms with van der Waals surface area (Å²) in [5, 5.41) is 29.9. The van der Waals surface area contributed by atoms with Crippen LogP contribution in [0.4, 0.5) is 11.5 Å². The van der Waals surface area contributed by atoms with Crippen LogP contribution in [0.15, 0.2) is 12.3 Å². The van der Waals surface area contributed by atoms with E-state index in [1.807, 2.05) is 25.1 Å². The number of likely N-dealkylation sites (N-methyl/N-ethyl adjacent to an activating group) is 1. The second-order valence-electron chi connectivity index (χ2n) is 5.39. The summed E-state index contributed by atoms with van der Waals surface area (Å²) < 4.78 is 0. The minimum atomic E-state index is -0.541. The molecular weight excluding hydrogens is 274 g/mol. The Kier molecular flexibility index (Phi) is 4.35. The molecule has 1 fully saturated rings. The molecule has 1 aromatic rings. The molecule has 8 heteroatoms. The summed E-state index contributed by atoms with van der Waals surface area (Å²) >= 11 is 0. The van der Waals surface area contributed by atoms with E-state index < -0.39 is 11.0 Å². The van der Waals surface area contributed by atoms with E-state index in [0.717, 1.165) is 0 Å². The Bertz CT molecular complexity index is 584. The molecule has 0 bridgehead atoms. The molecule has 0 amide bonds. The maximum absolute atomic E-state index is 11.2. The van der Waals surface area contributed by atoms with Gasteiger partial charge in [-0.3, -0.25) is 10.1 Å². The van der Waals surface area contributed by atoms with Crippen LogP contribution in [0, 0.1) is 21.4 Å². The summed E-state index contributed by atoms with van der Waals surface area (Å²) in [6.45, 7) is 0.966. The van der Waals surface area contributed by atoms with Crippen molar-refractivity contribution in [3.63, 3.8) is 0 Å². The van der Waals surface area contributed by atoms with Crippen molar-refractivity contribution in [2.45, 2.75) is 18.6 Å². The minimum absolute atomic E-state index is 0.0471. The van der Waals surface area contributed by atoms with E-state index >= 15 is 0 Å². The number of aromatic nitrogens is 1. The largest absolute Gasteiger partial charge is 0.391 e. The zero-order valence-corrected chi connectivity index (χ0v) is 11.9. The fourth-order valence-electron chi connectivity index (χ4n) is 2.61. The molecule has 112 valence electrons. The Labute approximate surface area is 122 Å². The zero-order chi connectivity index (χ0) is 15.6. The van der Waals surface area contributed by atoms with E-state index in [0.29, 0.717) is 19.5 Å². The van der Waals surface area contributed by atoms with Crippen LogP contribution in [0.2, 0.25) is 0 Å². The third-order valence-corrected chi connectivity index (χ3v) is 3.41. The molecule has 1 aliphatic rings. The lowest BCUT2D eigenvalue weighted by Gasteiger charge is -2.27. The Balaban J connectivity index is 2.39. The topological polar surface area (TPSA) is 107 Å². The van der Waals surface area contributed by atoms with Gasteiger partial charge in [0.05, 0.1) is 16.6 Å². The van der Waals surface area contributed by atoms with Gasteiger partial charge in [-0.05, 0) is 20.5 Å². The number of nitrogens with zero attached hydrogens (tertiary/aromatic N) is 5. The van der Waals surface area contributed by atoms with Crippen LogP contribution >= 0.6 is 0 Å². The number of aliphatic hydroxyl groups is 1. The summed E-state index contributed by atoms with van der Waals surface area (Å²) in [6.07, 6.45) is 1.32. The molecule has 0 radical (unpaired) electrons. The first-order valence-electron chi connectivity index (χ1n) is 6.56. The van der Waals surface area contributed by atoms with E-state index in [9.17, 15) is 15.2 Å². The van der Waals surface area contributed by atoms with Crippen molar-refractivity contribution in [3.05, 3.63) is 27.9 Å². The second-order valence-corrected chi connectivity index (χ2v) is 5.39. The fourth-order valence-corrected chi connectivity index (χ4v) is 2.61. The van der Waals surface area contributed by atoms with Gasteiger partial charge >= 0.3 is 5.69 Å². The summed E-state index contributed by atoms with van der Waals surface area (Å²) in [4.78, 5) is 18.5. The number of anilines is 1. The van der Waals surface area contributed by atoms with Crippen molar-refractivity contribution < 1.29 is 10.0 Å². The number of hydrogen-bond acceptors (Lipinski definition) is 7. The quantitative estimate of drug-likeness (QED) is 0.630. The van der Waals surface area contributed by atoms with E-state index in [4.69, 9.17) is 5.26 Å². The number of β-amino-alcohol motifs (C(OH)–C–C–N with tert-alkyl or cyclic N) is 1. The van der Waals surface area contributed by atoms with Crippen molar-refractivity contribution >= 4 is 11.5 Å². The predicted molar refractivity (Wildman–Crippen MR) is 75.9 cm³/mol. The molecule has 2 unspecified atom stereocenters. The Hall–Kier alpha value is -2.24. The molecule has 2 atom stereocenters. The molecular formula is C13H17N5O3. The standard InChI is InChI=1S/C13H17N5O3/c1-16(2)7-10-4-11(19)8-17(10)13-12(18(20)21)3-9(5-14)6-15-13/h3,6,10-11,19H,4,7-8H2,1-2H3. The van der Waals surface area contributed by atoms with Gasteiger partial charge < -0.3 is 14.9 Å². The normalized spacial score (nSPS) is 21.6. The summed E-state index contributed by atoms with van der Waals surface area (Å²) in [5.74, 6) is 0.211. The Morgan fingerprint density at radius 2 is 2.38 bits per heavy atom. The summed E-state index contributed by atoms with van der Waals surface area (Å²) in [6, 6.07) is 3.02. The van der Waals surface area contributed by atoms with Gasteiger partial charge in [0, 0.05) is 31.4 Å². The highest BCUT2D eigenvalue weighted by Gasteiger charge is 2.35. The predicted octanol–water partition coefficient (Wildman–Crippen LogP) is 0.363. The number of pyridine rings is 1. The average Bonchev–Trinajstić information content (AvgIpc) is 2.77. The lowest BCUT2D eigenvalue weighted by molar-refractivity contribution is -0.384. The second kappa shape index (κ2) is 6.03. The monoisotopic (exact) mass is 291 g/mol. The molecule has 2 heterocycles. The highest BCUT2D eigenvalue weighted by Crippen LogP contribution is 2.32. The Morgan fingerprint density at radius 3 is 2.95 bits per heavy atom. The van der Waals surface area contributed by atoms with Crippen molar-refractivity contribution in [1.29, 1.82) is 5.26 Å². The minimum Gasteiger partial charge on any atom is -0.391 e. The Morgan fingerprint density at radius 1 is 1.67 bits per heavy atom. The molecule has 1 N–H and O–H groups in total. The molecule has 1 aromatic heterocycles. The number of aliphatic hydroxyl groups excluding tert-OH is 1. The number of nitro groups is 1. The molecule has 0 saturated carbocycles. The molecule has 1 saturated heterocycles. The van der Waals surface area contributed by atoms with Crippen LogP contribution in [0.3, 0.4) is 0 Å². The van der Waals surface area contributed by atoms with Gasteiger partial charge in [-0.25, -0.2) is 4.98 Å². The van der Waals surface area contributed by atoms with Crippen LogP contribution in [-0.2, 0) is 0 Å². The highest BCUT2D eigenvalue weighted by molar-refractivity contribution is 5.61. The summed E-state index contributed by atoms with van der Waals surface area (Å²) in [7, 11) is 3.81. The molecule has 0 aliphatic carbocycles. The van der Waals surface area contributed by atoms with Crippen LogP contribution < -0.4 is 4.90 Å². The van der Waals surface area contributed by atoms with E-state index in [1.54, 1.807) is 4.90 Å². The molecule has 8 nitrogen and oxygen atoms in total. The SMILES string of the molecule is CN(C)CC1CC(O)CN1c1ncc(C#N)cc1[N+](=O)[O-]. The maximum atomic E-state index is 11.2. The van der Waals surface area contributed by atoms with Crippen molar-refractivity contribution in [2.75, 3.05) is 32.1 Å². The van der Waals surface area contributed by atoms with Crippen LogP contribution in [-0.4, -0.2) is 59.2 Å². The first-order valence-corrected chi connectivity index (χ1v) is 6.56. The molecule has 0 spiro atoms. The molecule has 0 aromatic carbocycles. The fraction of sp³-hybridized carbons (Fsp3) is 0.538. The number of nitriles is 1. The van der Waals surface area contributed by atoms with Gasteiger partial charge in [-0.15, -0.1) is 0 Å². The van der Waals surface area contributed by atoms with Gasteiger partial charge in [0.15, 0.2) is 0 Å². The van der Waals surface area contributed by atoms with Crippen LogP contribution in [0.25, 0.3) is 0 Å². The zero-order valence-electron chi connectivity index (χ0n) is 11.9. The molecule has 2 rings (SSSR count). The third-order valence-electron chi connectivity index (χ3n) is 3.41. The van der Waals surface area contributed by atoms with Gasteiger partial charge in [-0.1, -0.05) is 0 Å². The van der Waals surface area contributed by atoms with Gasteiger partial charge in [-0.2, -0.15) is 5.26 Å². The molecule has 21 heavy (non-hydrogen) atoms. The van der Waals surface area contributed by atoms with Crippen molar-refractivity contribution in [2.24, 2.45) is 0 Å². The third kappa shape index (κ3) is 3.26. The average molecular weight is 291 g/mol. The first-order chi connectivity index (χ1) is 9.92. The van der Waals surface area contributed by atoms with E-state index in [1.165, 1.54) is 12.3 Å². The van der Waals surface area contributed by atoms with Crippen molar-refractivity contribution in [3.8, 4) is 6.07 Å². The van der Waals surface area contributed by atoms with Crippen molar-refractivity contribution in [1.82, 2.24) is 9.88 Å². The molecule has 1 aliphatic heterocycles. The first kappa shape index (κ1) is 15.2. The van der Waals surface area contributed by atoms with Gasteiger partial charge in [0.25, 0.3) is 0 Å². The highest BCUT2D eigenvalue weighted by atomic mass is 16.6. The van der Waals surface area contributed by atoms with Gasteiger partial charge in [0.2, 0.25) is 5.82 Å². The van der Waals surface area contributed by atoms with E-state index in [-0.39, 0.29) is 23.1 Å². The summed E-state index contributed by atoms with van der Waals surface area (Å²) in [5.41, 5.74) is -0.0544. The maximum Gasteiger partial charge on any atom is 0.312 e. The lowest BCUT2D eigenvalue weighted by atomic mass is 10.2. The lowest BCUT2D eigenvalue weighted by Crippen LogP contribution is -2.38. The van der Waals surface area contributed by atoms with Crippen LogP contribution in [0.1, 0.15) is 12.0 Å². The van der Waals surface area contributed by atoms with Gasteiger partial charge in [0.1, 0.15) is 6.07 Å². The smallest absolute Gasteiger partial charge is 0.312 e. The number of hydrogen-bond donors (Lipinski definition) is 1.